The standard InChI is InChI=1S/C26H28Cl2N2O3S2/c1-17(2)15-29(35(32,33)24-14-20(27)8-9-22(24)28)16-25(31)30-12-10-23-21(11-13-34-23)26(30)19-6-4-18(3)5-7-19/h4-9,11,13-14,17,26H,10,12,15-16H2,1-3H3. The molecule has 0 saturated carbocycles. The molecule has 0 N–H and O–H groups in total. The van der Waals surface area contributed by atoms with Crippen LogP contribution in [0.25, 0.3) is 0 Å². The summed E-state index contributed by atoms with van der Waals surface area (Å²) in [7, 11) is -4.05. The predicted molar refractivity (Wildman–Crippen MR) is 143 cm³/mol. The second-order valence-corrected chi connectivity index (χ2v) is 13.0. The van der Waals surface area contributed by atoms with Gasteiger partial charge in [0, 0.05) is 23.0 Å². The normalized spacial score (nSPS) is 16.1. The van der Waals surface area contributed by atoms with Gasteiger partial charge in [-0.15, -0.1) is 11.3 Å². The van der Waals surface area contributed by atoms with Gasteiger partial charge in [-0.1, -0.05) is 66.9 Å². The molecule has 1 aromatic heterocycles. The van der Waals surface area contributed by atoms with Crippen molar-refractivity contribution in [1.29, 1.82) is 0 Å². The highest BCUT2D eigenvalue weighted by atomic mass is 35.5. The molecule has 1 unspecified atom stereocenters. The number of hydrogen-bond acceptors (Lipinski definition) is 4. The van der Waals surface area contributed by atoms with Crippen molar-refractivity contribution < 1.29 is 13.2 Å². The molecule has 0 saturated heterocycles. The van der Waals surface area contributed by atoms with Crippen LogP contribution < -0.4 is 0 Å². The van der Waals surface area contributed by atoms with Crippen LogP contribution in [0, 0.1) is 12.8 Å². The molecule has 0 bridgehead atoms. The van der Waals surface area contributed by atoms with Gasteiger partial charge in [0.1, 0.15) is 4.90 Å². The summed E-state index contributed by atoms with van der Waals surface area (Å²) in [5.74, 6) is -0.233. The fourth-order valence-electron chi connectivity index (χ4n) is 4.40. The molecule has 5 nitrogen and oxygen atoms in total. The zero-order valence-electron chi connectivity index (χ0n) is 19.9. The molecule has 35 heavy (non-hydrogen) atoms. The van der Waals surface area contributed by atoms with Gasteiger partial charge in [-0.25, -0.2) is 8.42 Å². The molecule has 4 rings (SSSR count). The molecule has 1 atom stereocenters. The molecule has 2 heterocycles. The van der Waals surface area contributed by atoms with Crippen LogP contribution in [0.3, 0.4) is 0 Å². The van der Waals surface area contributed by atoms with E-state index in [9.17, 15) is 13.2 Å². The van der Waals surface area contributed by atoms with E-state index in [-0.39, 0.29) is 45.9 Å². The quantitative estimate of drug-likeness (QED) is 0.352. The number of nitrogens with zero attached hydrogens (tertiary/aromatic N) is 2. The highest BCUT2D eigenvalue weighted by Crippen LogP contribution is 2.38. The number of carbonyl (C=O) groups excluding carboxylic acids is 1. The number of thiophene rings is 1. The van der Waals surface area contributed by atoms with E-state index in [1.165, 1.54) is 21.3 Å². The third-order valence-corrected chi connectivity index (χ3v) is 9.60. The summed E-state index contributed by atoms with van der Waals surface area (Å²) in [4.78, 5) is 16.7. The van der Waals surface area contributed by atoms with E-state index < -0.39 is 10.0 Å². The summed E-state index contributed by atoms with van der Waals surface area (Å²) in [5.41, 5.74) is 3.26. The maximum atomic E-state index is 13.8. The van der Waals surface area contributed by atoms with Crippen molar-refractivity contribution in [2.75, 3.05) is 19.6 Å². The fraction of sp³-hybridized carbons (Fsp3) is 0.346. The van der Waals surface area contributed by atoms with Gasteiger partial charge >= 0.3 is 0 Å². The van der Waals surface area contributed by atoms with Crippen molar-refractivity contribution in [2.45, 2.75) is 38.1 Å². The van der Waals surface area contributed by atoms with Gasteiger partial charge in [0.05, 0.1) is 17.6 Å². The predicted octanol–water partition coefficient (Wildman–Crippen LogP) is 6.18. The third-order valence-electron chi connectivity index (χ3n) is 6.07. The lowest BCUT2D eigenvalue weighted by Gasteiger charge is -2.37. The van der Waals surface area contributed by atoms with E-state index >= 15 is 0 Å². The molecular weight excluding hydrogens is 523 g/mol. The van der Waals surface area contributed by atoms with Crippen LogP contribution in [0.4, 0.5) is 0 Å². The van der Waals surface area contributed by atoms with Crippen molar-refractivity contribution in [3.8, 4) is 0 Å². The first kappa shape index (κ1) is 26.2. The Morgan fingerprint density at radius 2 is 1.86 bits per heavy atom. The summed E-state index contributed by atoms with van der Waals surface area (Å²) in [6, 6.07) is 14.3. The van der Waals surface area contributed by atoms with Crippen LogP contribution in [-0.2, 0) is 21.2 Å². The first-order valence-electron chi connectivity index (χ1n) is 11.5. The van der Waals surface area contributed by atoms with E-state index in [1.54, 1.807) is 17.4 Å². The summed E-state index contributed by atoms with van der Waals surface area (Å²) in [6.45, 7) is 6.30. The van der Waals surface area contributed by atoms with Crippen molar-refractivity contribution in [1.82, 2.24) is 9.21 Å². The summed E-state index contributed by atoms with van der Waals surface area (Å²) >= 11 is 14.0. The molecule has 9 heteroatoms. The van der Waals surface area contributed by atoms with E-state index in [0.717, 1.165) is 23.1 Å². The second-order valence-electron chi connectivity index (χ2n) is 9.22. The maximum Gasteiger partial charge on any atom is 0.245 e. The zero-order chi connectivity index (χ0) is 25.3. The molecule has 1 aliphatic rings. The minimum absolute atomic E-state index is 0.00765. The zero-order valence-corrected chi connectivity index (χ0v) is 23.0. The Morgan fingerprint density at radius 1 is 1.14 bits per heavy atom. The number of benzene rings is 2. The van der Waals surface area contributed by atoms with Crippen molar-refractivity contribution in [3.63, 3.8) is 0 Å². The Balaban J connectivity index is 1.69. The smallest absolute Gasteiger partial charge is 0.245 e. The number of halogens is 2. The van der Waals surface area contributed by atoms with Gasteiger partial charge in [-0.05, 0) is 60.0 Å². The molecular formula is C26H28Cl2N2O3S2. The molecule has 1 aliphatic heterocycles. The summed E-state index contributed by atoms with van der Waals surface area (Å²) in [6.07, 6.45) is 0.748. The van der Waals surface area contributed by atoms with Gasteiger partial charge in [-0.2, -0.15) is 4.31 Å². The summed E-state index contributed by atoms with van der Waals surface area (Å²) < 4.78 is 28.5. The van der Waals surface area contributed by atoms with Crippen molar-refractivity contribution in [3.05, 3.63) is 85.5 Å². The topological polar surface area (TPSA) is 57.7 Å². The Hall–Kier alpha value is -1.90. The SMILES string of the molecule is Cc1ccc(C2c3ccsc3CCN2C(=O)CN(CC(C)C)S(=O)(=O)c2cc(Cl)ccc2Cl)cc1. The van der Waals surface area contributed by atoms with Gasteiger partial charge < -0.3 is 4.90 Å². The third kappa shape index (κ3) is 5.59. The number of fused-ring (bicyclic) bond motifs is 1. The minimum Gasteiger partial charge on any atom is -0.330 e. The number of amides is 1. The first-order chi connectivity index (χ1) is 16.6. The highest BCUT2D eigenvalue weighted by molar-refractivity contribution is 7.89. The number of aryl methyl sites for hydroxylation is 1. The number of carbonyl (C=O) groups is 1. The van der Waals surface area contributed by atoms with E-state index in [1.807, 2.05) is 49.9 Å². The molecule has 0 aliphatic carbocycles. The van der Waals surface area contributed by atoms with Crippen molar-refractivity contribution >= 4 is 50.5 Å². The molecule has 0 fully saturated rings. The molecule has 3 aromatic rings. The molecule has 0 radical (unpaired) electrons. The van der Waals surface area contributed by atoms with Crippen molar-refractivity contribution in [2.24, 2.45) is 5.92 Å². The molecule has 0 spiro atoms. The summed E-state index contributed by atoms with van der Waals surface area (Å²) in [5, 5.41) is 2.40. The second kappa shape index (κ2) is 10.6. The Morgan fingerprint density at radius 3 is 2.54 bits per heavy atom. The van der Waals surface area contributed by atoms with Crippen LogP contribution >= 0.6 is 34.5 Å². The van der Waals surface area contributed by atoms with Gasteiger partial charge in [0.15, 0.2) is 0 Å². The Bertz CT molecular complexity index is 1320. The lowest BCUT2D eigenvalue weighted by atomic mass is 9.92. The number of rotatable bonds is 7. The van der Waals surface area contributed by atoms with Crippen LogP contribution in [0.2, 0.25) is 10.0 Å². The van der Waals surface area contributed by atoms with Crippen LogP contribution in [0.15, 0.2) is 58.8 Å². The van der Waals surface area contributed by atoms with E-state index in [0.29, 0.717) is 6.54 Å². The molecule has 1 amide bonds. The Labute approximate surface area is 221 Å². The number of sulfonamides is 1. The van der Waals surface area contributed by atoms with Gasteiger partial charge in [0.2, 0.25) is 15.9 Å². The largest absolute Gasteiger partial charge is 0.330 e. The lowest BCUT2D eigenvalue weighted by Crippen LogP contribution is -2.47. The van der Waals surface area contributed by atoms with Gasteiger partial charge in [-0.3, -0.25) is 4.79 Å². The van der Waals surface area contributed by atoms with Crippen LogP contribution in [0.1, 0.15) is 41.5 Å². The average molecular weight is 552 g/mol. The van der Waals surface area contributed by atoms with E-state index in [2.05, 4.69) is 11.4 Å². The lowest BCUT2D eigenvalue weighted by molar-refractivity contribution is -0.133. The maximum absolute atomic E-state index is 13.8. The van der Waals surface area contributed by atoms with Crippen LogP contribution in [0.5, 0.6) is 0 Å². The average Bonchev–Trinajstić information content (AvgIpc) is 3.28. The molecule has 2 aromatic carbocycles. The fourth-order valence-corrected chi connectivity index (χ4v) is 7.60. The minimum atomic E-state index is -4.05. The monoisotopic (exact) mass is 550 g/mol. The van der Waals surface area contributed by atoms with E-state index in [4.69, 9.17) is 23.2 Å². The molecule has 186 valence electrons. The Kier molecular flexibility index (Phi) is 7.93. The van der Waals surface area contributed by atoms with Gasteiger partial charge in [0.25, 0.3) is 0 Å². The number of hydrogen-bond donors (Lipinski definition) is 0. The highest BCUT2D eigenvalue weighted by Gasteiger charge is 2.36. The van der Waals surface area contributed by atoms with Crippen LogP contribution in [-0.4, -0.2) is 43.2 Å². The first-order valence-corrected chi connectivity index (χ1v) is 14.5.